The van der Waals surface area contributed by atoms with Gasteiger partial charge in [-0.25, -0.2) is 0 Å². The molecule has 0 saturated heterocycles. The zero-order valence-corrected chi connectivity index (χ0v) is 12.2. The molecule has 0 bridgehead atoms. The Bertz CT molecular complexity index is 501. The number of nitrogens with one attached hydrogen (secondary N) is 3. The van der Waals surface area contributed by atoms with Gasteiger partial charge in [0.1, 0.15) is 0 Å². The van der Waals surface area contributed by atoms with Crippen LogP contribution in [0.4, 0.5) is 0 Å². The van der Waals surface area contributed by atoms with E-state index in [9.17, 15) is 0 Å². The lowest BCUT2D eigenvalue weighted by Gasteiger charge is -2.15. The lowest BCUT2D eigenvalue weighted by atomic mass is 10.1. The number of hydrogen-bond acceptors (Lipinski definition) is 2. The summed E-state index contributed by atoms with van der Waals surface area (Å²) in [6.07, 6.45) is 1.99. The van der Waals surface area contributed by atoms with Crippen molar-refractivity contribution in [1.82, 2.24) is 15.6 Å². The van der Waals surface area contributed by atoms with Gasteiger partial charge >= 0.3 is 0 Å². The first-order chi connectivity index (χ1) is 9.15. The summed E-state index contributed by atoms with van der Waals surface area (Å²) in [5, 5.41) is 8.30. The van der Waals surface area contributed by atoms with Gasteiger partial charge in [0, 0.05) is 30.8 Å². The summed E-state index contributed by atoms with van der Waals surface area (Å²) >= 11 is 0. The molecule has 0 amide bonds. The molecule has 0 spiro atoms. The lowest BCUT2D eigenvalue weighted by Crippen LogP contribution is -2.37. The minimum Gasteiger partial charge on any atom is -0.361 e. The fraction of sp³-hybridized carbons (Fsp3) is 0.500. The first-order valence-electron chi connectivity index (χ1n) is 7.15. The van der Waals surface area contributed by atoms with Gasteiger partial charge in [-0.05, 0) is 42.5 Å². The molecule has 2 rings (SSSR count). The van der Waals surface area contributed by atoms with Crippen molar-refractivity contribution in [1.29, 1.82) is 0 Å². The van der Waals surface area contributed by atoms with Crippen LogP contribution in [-0.4, -0.2) is 24.1 Å². The number of rotatable bonds is 7. The van der Waals surface area contributed by atoms with E-state index in [2.05, 4.69) is 60.7 Å². The van der Waals surface area contributed by atoms with Gasteiger partial charge in [-0.3, -0.25) is 0 Å². The molecule has 0 aliphatic heterocycles. The topological polar surface area (TPSA) is 39.8 Å². The van der Waals surface area contributed by atoms with Crippen molar-refractivity contribution in [2.45, 2.75) is 33.4 Å². The fourth-order valence-electron chi connectivity index (χ4n) is 2.16. The SMILES string of the molecule is CC(C)CNCC(C)NCc1ccc2cc[nH]c2c1. The van der Waals surface area contributed by atoms with Gasteiger partial charge in [0.2, 0.25) is 0 Å². The van der Waals surface area contributed by atoms with Crippen LogP contribution in [0.15, 0.2) is 30.5 Å². The molecule has 3 heteroatoms. The summed E-state index contributed by atoms with van der Waals surface area (Å²) in [6, 6.07) is 9.17. The molecule has 3 N–H and O–H groups in total. The van der Waals surface area contributed by atoms with Crippen LogP contribution in [0.1, 0.15) is 26.3 Å². The van der Waals surface area contributed by atoms with Gasteiger partial charge in [0.25, 0.3) is 0 Å². The van der Waals surface area contributed by atoms with Gasteiger partial charge in [-0.2, -0.15) is 0 Å². The Morgan fingerprint density at radius 1 is 1.11 bits per heavy atom. The van der Waals surface area contributed by atoms with Crippen molar-refractivity contribution in [3.8, 4) is 0 Å². The summed E-state index contributed by atoms with van der Waals surface area (Å²) in [6.45, 7) is 9.71. The highest BCUT2D eigenvalue weighted by atomic mass is 15.0. The number of H-pyrrole nitrogens is 1. The van der Waals surface area contributed by atoms with E-state index >= 15 is 0 Å². The highest BCUT2D eigenvalue weighted by Crippen LogP contribution is 2.13. The molecule has 0 aliphatic rings. The molecule has 1 unspecified atom stereocenters. The molecular formula is C16H25N3. The van der Waals surface area contributed by atoms with Crippen molar-refractivity contribution in [2.24, 2.45) is 5.92 Å². The predicted molar refractivity (Wildman–Crippen MR) is 82.3 cm³/mol. The van der Waals surface area contributed by atoms with Crippen LogP contribution in [0.3, 0.4) is 0 Å². The Balaban J connectivity index is 1.77. The minimum absolute atomic E-state index is 0.484. The van der Waals surface area contributed by atoms with Crippen molar-refractivity contribution in [2.75, 3.05) is 13.1 Å². The van der Waals surface area contributed by atoms with Crippen molar-refractivity contribution < 1.29 is 0 Å². The summed E-state index contributed by atoms with van der Waals surface area (Å²) in [7, 11) is 0. The van der Waals surface area contributed by atoms with E-state index in [1.165, 1.54) is 16.5 Å². The average molecular weight is 259 g/mol. The van der Waals surface area contributed by atoms with Gasteiger partial charge in [-0.1, -0.05) is 26.0 Å². The Kier molecular flexibility index (Phi) is 5.00. The van der Waals surface area contributed by atoms with E-state index in [4.69, 9.17) is 0 Å². The molecule has 0 aliphatic carbocycles. The highest BCUT2D eigenvalue weighted by molar-refractivity contribution is 5.79. The Labute approximate surface area is 115 Å². The van der Waals surface area contributed by atoms with Crippen molar-refractivity contribution in [3.05, 3.63) is 36.0 Å². The summed E-state index contributed by atoms with van der Waals surface area (Å²) in [5.74, 6) is 0.711. The zero-order chi connectivity index (χ0) is 13.7. The maximum Gasteiger partial charge on any atom is 0.0457 e. The van der Waals surface area contributed by atoms with Crippen LogP contribution >= 0.6 is 0 Å². The molecule has 0 radical (unpaired) electrons. The van der Waals surface area contributed by atoms with Crippen LogP contribution in [-0.2, 0) is 6.54 Å². The molecular weight excluding hydrogens is 234 g/mol. The number of aromatic nitrogens is 1. The van der Waals surface area contributed by atoms with Gasteiger partial charge < -0.3 is 15.6 Å². The zero-order valence-electron chi connectivity index (χ0n) is 12.2. The quantitative estimate of drug-likeness (QED) is 0.715. The summed E-state index contributed by atoms with van der Waals surface area (Å²) < 4.78 is 0. The Morgan fingerprint density at radius 3 is 2.74 bits per heavy atom. The molecule has 104 valence electrons. The second-order valence-electron chi connectivity index (χ2n) is 5.73. The van der Waals surface area contributed by atoms with Crippen molar-refractivity contribution >= 4 is 10.9 Å². The number of hydrogen-bond donors (Lipinski definition) is 3. The molecule has 1 aromatic carbocycles. The second-order valence-corrected chi connectivity index (χ2v) is 5.73. The van der Waals surface area contributed by atoms with Crippen LogP contribution in [0.2, 0.25) is 0 Å². The third-order valence-corrected chi connectivity index (χ3v) is 3.28. The third-order valence-electron chi connectivity index (χ3n) is 3.28. The molecule has 2 aromatic rings. The van der Waals surface area contributed by atoms with E-state index in [-0.39, 0.29) is 0 Å². The molecule has 19 heavy (non-hydrogen) atoms. The largest absolute Gasteiger partial charge is 0.361 e. The van der Waals surface area contributed by atoms with E-state index in [0.717, 1.165) is 19.6 Å². The summed E-state index contributed by atoms with van der Waals surface area (Å²) in [5.41, 5.74) is 2.54. The van der Waals surface area contributed by atoms with Gasteiger partial charge in [-0.15, -0.1) is 0 Å². The molecule has 1 aromatic heterocycles. The first-order valence-corrected chi connectivity index (χ1v) is 7.15. The number of fused-ring (bicyclic) bond motifs is 1. The molecule has 1 atom stereocenters. The Morgan fingerprint density at radius 2 is 1.95 bits per heavy atom. The Hall–Kier alpha value is -1.32. The monoisotopic (exact) mass is 259 g/mol. The number of benzene rings is 1. The van der Waals surface area contributed by atoms with Crippen LogP contribution in [0.25, 0.3) is 10.9 Å². The lowest BCUT2D eigenvalue weighted by molar-refractivity contribution is 0.472. The van der Waals surface area contributed by atoms with E-state index in [1.54, 1.807) is 0 Å². The van der Waals surface area contributed by atoms with E-state index < -0.39 is 0 Å². The average Bonchev–Trinajstić information content (AvgIpc) is 2.83. The predicted octanol–water partition coefficient (Wildman–Crippen LogP) is 2.89. The van der Waals surface area contributed by atoms with Gasteiger partial charge in [0.15, 0.2) is 0 Å². The first kappa shape index (κ1) is 14.1. The second kappa shape index (κ2) is 6.73. The molecule has 0 saturated carbocycles. The minimum atomic E-state index is 0.484. The van der Waals surface area contributed by atoms with Crippen LogP contribution < -0.4 is 10.6 Å². The van der Waals surface area contributed by atoms with Gasteiger partial charge in [0.05, 0.1) is 0 Å². The summed E-state index contributed by atoms with van der Waals surface area (Å²) in [4.78, 5) is 3.25. The molecule has 0 fully saturated rings. The maximum atomic E-state index is 3.55. The standard InChI is InChI=1S/C16H25N3/c1-12(2)9-17-10-13(3)19-11-14-4-5-15-6-7-18-16(15)8-14/h4-8,12-13,17-19H,9-11H2,1-3H3. The molecule has 3 nitrogen and oxygen atoms in total. The third kappa shape index (κ3) is 4.37. The fourth-order valence-corrected chi connectivity index (χ4v) is 2.16. The van der Waals surface area contributed by atoms with Crippen molar-refractivity contribution in [3.63, 3.8) is 0 Å². The maximum absolute atomic E-state index is 3.55. The normalized spacial score (nSPS) is 13.3. The smallest absolute Gasteiger partial charge is 0.0457 e. The number of aromatic amines is 1. The van der Waals surface area contributed by atoms with E-state index in [1.807, 2.05) is 6.20 Å². The van der Waals surface area contributed by atoms with E-state index in [0.29, 0.717) is 12.0 Å². The highest BCUT2D eigenvalue weighted by Gasteiger charge is 2.03. The van der Waals surface area contributed by atoms with Crippen LogP contribution in [0, 0.1) is 5.92 Å². The van der Waals surface area contributed by atoms with Crippen LogP contribution in [0.5, 0.6) is 0 Å². The molecule has 1 heterocycles.